The number of piperidine rings is 1. The summed E-state index contributed by atoms with van der Waals surface area (Å²) in [5.41, 5.74) is 3.20. The van der Waals surface area contributed by atoms with Crippen molar-refractivity contribution < 1.29 is 18.7 Å². The molecule has 2 saturated heterocycles. The number of para-hydroxylation sites is 1. The van der Waals surface area contributed by atoms with Crippen molar-refractivity contribution in [1.29, 1.82) is 0 Å². The van der Waals surface area contributed by atoms with Gasteiger partial charge in [0.2, 0.25) is 0 Å². The highest BCUT2D eigenvalue weighted by Gasteiger charge is 2.44. The van der Waals surface area contributed by atoms with Gasteiger partial charge in [-0.2, -0.15) is 5.10 Å². The molecule has 1 unspecified atom stereocenters. The maximum Gasteiger partial charge on any atom is 0.253 e. The summed E-state index contributed by atoms with van der Waals surface area (Å²) in [6, 6.07) is 16.1. The Labute approximate surface area is 192 Å². The van der Waals surface area contributed by atoms with E-state index in [1.54, 1.807) is 18.2 Å². The highest BCUT2D eigenvalue weighted by molar-refractivity contribution is 5.94. The Bertz CT molecular complexity index is 1170. The van der Waals surface area contributed by atoms with E-state index in [4.69, 9.17) is 9.47 Å². The normalized spacial score (nSPS) is 19.7. The van der Waals surface area contributed by atoms with Crippen LogP contribution < -0.4 is 4.74 Å². The minimum absolute atomic E-state index is 0.0189. The second kappa shape index (κ2) is 8.63. The van der Waals surface area contributed by atoms with Gasteiger partial charge in [-0.05, 0) is 63.1 Å². The number of aromatic nitrogens is 2. The molecular formula is C26H28FN3O3. The summed E-state index contributed by atoms with van der Waals surface area (Å²) in [6.45, 7) is 5.64. The van der Waals surface area contributed by atoms with Crippen LogP contribution in [0.4, 0.5) is 4.39 Å². The summed E-state index contributed by atoms with van der Waals surface area (Å²) < 4.78 is 27.8. The van der Waals surface area contributed by atoms with Crippen molar-refractivity contribution in [3.8, 4) is 11.4 Å². The molecule has 2 fully saturated rings. The Morgan fingerprint density at radius 1 is 1.12 bits per heavy atom. The molecule has 1 amide bonds. The SMILES string of the molecule is Cc1cc(C)n(-c2cccc(C(=O)N3CCC4(CC3)CC(Oc3ccccc3F)CO4)c2)n1. The van der Waals surface area contributed by atoms with E-state index >= 15 is 0 Å². The van der Waals surface area contributed by atoms with E-state index in [9.17, 15) is 9.18 Å². The summed E-state index contributed by atoms with van der Waals surface area (Å²) >= 11 is 0. The Morgan fingerprint density at radius 2 is 1.91 bits per heavy atom. The van der Waals surface area contributed by atoms with E-state index in [0.717, 1.165) is 29.9 Å². The Hall–Kier alpha value is -3.19. The fourth-order valence-electron chi connectivity index (χ4n) is 4.91. The summed E-state index contributed by atoms with van der Waals surface area (Å²) in [4.78, 5) is 15.1. The van der Waals surface area contributed by atoms with Crippen LogP contribution in [0.1, 0.15) is 41.0 Å². The van der Waals surface area contributed by atoms with Gasteiger partial charge in [0.05, 0.1) is 23.6 Å². The lowest BCUT2D eigenvalue weighted by molar-refractivity contribution is -0.0396. The molecule has 2 aliphatic heterocycles. The van der Waals surface area contributed by atoms with E-state index in [1.807, 2.05) is 53.8 Å². The van der Waals surface area contributed by atoms with Crippen molar-refractivity contribution in [2.24, 2.45) is 0 Å². The first kappa shape index (κ1) is 21.6. The molecule has 172 valence electrons. The van der Waals surface area contributed by atoms with Gasteiger partial charge in [-0.15, -0.1) is 0 Å². The third-order valence-electron chi connectivity index (χ3n) is 6.61. The highest BCUT2D eigenvalue weighted by atomic mass is 19.1. The maximum absolute atomic E-state index is 13.9. The number of ether oxygens (including phenoxy) is 2. The molecular weight excluding hydrogens is 421 g/mol. The van der Waals surface area contributed by atoms with Crippen molar-refractivity contribution in [3.63, 3.8) is 0 Å². The number of likely N-dealkylation sites (tertiary alicyclic amines) is 1. The van der Waals surface area contributed by atoms with E-state index in [0.29, 0.717) is 31.7 Å². The number of carbonyl (C=O) groups is 1. The van der Waals surface area contributed by atoms with E-state index in [2.05, 4.69) is 5.10 Å². The number of amides is 1. The molecule has 1 spiro atoms. The monoisotopic (exact) mass is 449 g/mol. The van der Waals surface area contributed by atoms with Crippen LogP contribution in [0, 0.1) is 19.7 Å². The second-order valence-corrected chi connectivity index (χ2v) is 9.05. The van der Waals surface area contributed by atoms with Crippen LogP contribution in [-0.4, -0.2) is 52.0 Å². The molecule has 2 aliphatic rings. The smallest absolute Gasteiger partial charge is 0.253 e. The largest absolute Gasteiger partial charge is 0.485 e. The predicted octanol–water partition coefficient (Wildman–Crippen LogP) is 4.47. The van der Waals surface area contributed by atoms with Crippen LogP contribution in [0.2, 0.25) is 0 Å². The molecule has 0 aliphatic carbocycles. The predicted molar refractivity (Wildman–Crippen MR) is 122 cm³/mol. The number of nitrogens with zero attached hydrogens (tertiary/aromatic N) is 3. The number of halogens is 1. The van der Waals surface area contributed by atoms with E-state index in [-0.39, 0.29) is 29.2 Å². The fourth-order valence-corrected chi connectivity index (χ4v) is 4.91. The molecule has 2 aromatic carbocycles. The van der Waals surface area contributed by atoms with Gasteiger partial charge in [0.15, 0.2) is 11.6 Å². The first-order chi connectivity index (χ1) is 15.9. The third-order valence-corrected chi connectivity index (χ3v) is 6.61. The van der Waals surface area contributed by atoms with E-state index in [1.165, 1.54) is 6.07 Å². The van der Waals surface area contributed by atoms with Gasteiger partial charge in [0.1, 0.15) is 6.10 Å². The van der Waals surface area contributed by atoms with Crippen LogP contribution in [0.5, 0.6) is 5.75 Å². The van der Waals surface area contributed by atoms with Gasteiger partial charge in [0.25, 0.3) is 5.91 Å². The van der Waals surface area contributed by atoms with Gasteiger partial charge in [0, 0.05) is 30.8 Å². The van der Waals surface area contributed by atoms with Crippen LogP contribution in [0.25, 0.3) is 5.69 Å². The van der Waals surface area contributed by atoms with E-state index < -0.39 is 0 Å². The molecule has 0 saturated carbocycles. The average molecular weight is 450 g/mol. The van der Waals surface area contributed by atoms with Crippen LogP contribution in [0.3, 0.4) is 0 Å². The van der Waals surface area contributed by atoms with Crippen molar-refractivity contribution in [1.82, 2.24) is 14.7 Å². The zero-order chi connectivity index (χ0) is 23.0. The van der Waals surface area contributed by atoms with Crippen LogP contribution in [0.15, 0.2) is 54.6 Å². The van der Waals surface area contributed by atoms with Crippen molar-refractivity contribution in [2.75, 3.05) is 19.7 Å². The number of benzene rings is 2. The Balaban J connectivity index is 1.22. The van der Waals surface area contributed by atoms with Gasteiger partial charge in [-0.1, -0.05) is 18.2 Å². The Morgan fingerprint density at radius 3 is 2.64 bits per heavy atom. The molecule has 1 aromatic heterocycles. The molecule has 3 aromatic rings. The first-order valence-corrected chi connectivity index (χ1v) is 11.4. The number of hydrogen-bond acceptors (Lipinski definition) is 4. The summed E-state index contributed by atoms with van der Waals surface area (Å²) in [7, 11) is 0. The lowest BCUT2D eigenvalue weighted by Gasteiger charge is -2.38. The molecule has 1 atom stereocenters. The molecule has 5 rings (SSSR count). The molecule has 3 heterocycles. The Kier molecular flexibility index (Phi) is 5.66. The minimum atomic E-state index is -0.360. The fraction of sp³-hybridized carbons (Fsp3) is 0.385. The maximum atomic E-state index is 13.9. The molecule has 6 nitrogen and oxygen atoms in total. The second-order valence-electron chi connectivity index (χ2n) is 9.05. The summed E-state index contributed by atoms with van der Waals surface area (Å²) in [5.74, 6) is -0.0785. The van der Waals surface area contributed by atoms with Crippen molar-refractivity contribution in [3.05, 3.63) is 77.4 Å². The average Bonchev–Trinajstić information content (AvgIpc) is 3.37. The van der Waals surface area contributed by atoms with Crippen molar-refractivity contribution in [2.45, 2.75) is 44.8 Å². The molecule has 7 heteroatoms. The molecule has 0 bridgehead atoms. The van der Waals surface area contributed by atoms with Gasteiger partial charge < -0.3 is 14.4 Å². The van der Waals surface area contributed by atoms with Crippen molar-refractivity contribution >= 4 is 5.91 Å². The number of aryl methyl sites for hydroxylation is 2. The summed E-state index contributed by atoms with van der Waals surface area (Å²) in [6.07, 6.45) is 2.01. The first-order valence-electron chi connectivity index (χ1n) is 11.4. The molecule has 0 radical (unpaired) electrons. The standard InChI is InChI=1S/C26H28FN3O3/c1-18-14-19(2)30(28-18)21-7-5-6-20(15-21)25(31)29-12-10-26(11-13-29)16-22(17-32-26)33-24-9-4-3-8-23(24)27/h3-9,14-15,22H,10-13,16-17H2,1-2H3. The topological polar surface area (TPSA) is 56.6 Å². The highest BCUT2D eigenvalue weighted by Crippen LogP contribution is 2.38. The zero-order valence-corrected chi connectivity index (χ0v) is 19.0. The number of carbonyl (C=O) groups excluding carboxylic acids is 1. The summed E-state index contributed by atoms with van der Waals surface area (Å²) in [5, 5.41) is 4.52. The lowest BCUT2D eigenvalue weighted by Crippen LogP contribution is -2.46. The quantitative estimate of drug-likeness (QED) is 0.590. The minimum Gasteiger partial charge on any atom is -0.485 e. The van der Waals surface area contributed by atoms with Crippen LogP contribution >= 0.6 is 0 Å². The lowest BCUT2D eigenvalue weighted by atomic mass is 9.87. The van der Waals surface area contributed by atoms with Crippen LogP contribution in [-0.2, 0) is 4.74 Å². The number of hydrogen-bond donors (Lipinski definition) is 0. The zero-order valence-electron chi connectivity index (χ0n) is 19.0. The van der Waals surface area contributed by atoms with Gasteiger partial charge in [-0.3, -0.25) is 4.79 Å². The van der Waals surface area contributed by atoms with Gasteiger partial charge >= 0.3 is 0 Å². The molecule has 33 heavy (non-hydrogen) atoms. The molecule has 0 N–H and O–H groups in total. The third kappa shape index (κ3) is 4.37. The van der Waals surface area contributed by atoms with Gasteiger partial charge in [-0.25, -0.2) is 9.07 Å². The number of rotatable bonds is 4.